The zero-order chi connectivity index (χ0) is 21.0. The highest BCUT2D eigenvalue weighted by Gasteiger charge is 2.29. The Balaban J connectivity index is 1.49. The first kappa shape index (κ1) is 20.9. The van der Waals surface area contributed by atoms with E-state index in [1.807, 2.05) is 24.3 Å². The molecule has 2 aromatic carbocycles. The number of imide groups is 1. The number of anilines is 1. The Morgan fingerprint density at radius 3 is 2.28 bits per heavy atom. The average molecular weight is 413 g/mol. The van der Waals surface area contributed by atoms with Crippen molar-refractivity contribution in [2.45, 2.75) is 32.7 Å². The molecule has 152 valence electrons. The molecule has 29 heavy (non-hydrogen) atoms. The van der Waals surface area contributed by atoms with E-state index >= 15 is 0 Å². The van der Waals surface area contributed by atoms with Crippen LogP contribution < -0.4 is 10.1 Å². The first-order valence-corrected chi connectivity index (χ1v) is 10.3. The average Bonchev–Trinajstić information content (AvgIpc) is 2.99. The van der Waals surface area contributed by atoms with Crippen LogP contribution in [0.15, 0.2) is 48.5 Å². The number of carbonyl (C=O) groups excluding carboxylic acids is 3. The molecule has 2 aromatic rings. The fourth-order valence-electron chi connectivity index (χ4n) is 2.81. The lowest BCUT2D eigenvalue weighted by atomic mass is 9.87. The highest BCUT2D eigenvalue weighted by Crippen LogP contribution is 2.24. The van der Waals surface area contributed by atoms with Crippen molar-refractivity contribution >= 4 is 34.5 Å². The standard InChI is InChI=1S/C22H24N2O4S/c1-22(2,3)16-6-10-18(11-7-16)28-13-19(25)23-17-8-4-15(5-9-17)12-24-20(26)14-29-21(24)27/h4-11H,12-14H2,1-3H3,(H,23,25). The molecule has 0 spiro atoms. The Morgan fingerprint density at radius 1 is 1.07 bits per heavy atom. The van der Waals surface area contributed by atoms with Crippen molar-refractivity contribution in [3.63, 3.8) is 0 Å². The van der Waals surface area contributed by atoms with E-state index in [2.05, 4.69) is 26.1 Å². The van der Waals surface area contributed by atoms with Crippen LogP contribution in [0.4, 0.5) is 10.5 Å². The molecular formula is C22H24N2O4S. The van der Waals surface area contributed by atoms with Crippen molar-refractivity contribution in [1.82, 2.24) is 4.90 Å². The quantitative estimate of drug-likeness (QED) is 0.770. The van der Waals surface area contributed by atoms with Crippen LogP contribution in [0.1, 0.15) is 31.9 Å². The summed E-state index contributed by atoms with van der Waals surface area (Å²) in [5.41, 5.74) is 2.71. The van der Waals surface area contributed by atoms with E-state index in [0.29, 0.717) is 11.4 Å². The second kappa shape index (κ2) is 8.69. The number of thioether (sulfide) groups is 1. The first-order chi connectivity index (χ1) is 13.7. The van der Waals surface area contributed by atoms with Gasteiger partial charge in [0.25, 0.3) is 11.1 Å². The number of ether oxygens (including phenoxy) is 1. The topological polar surface area (TPSA) is 75.7 Å². The van der Waals surface area contributed by atoms with Crippen LogP contribution in [0.3, 0.4) is 0 Å². The van der Waals surface area contributed by atoms with Crippen LogP contribution in [0, 0.1) is 0 Å². The highest BCUT2D eigenvalue weighted by molar-refractivity contribution is 8.14. The number of carbonyl (C=O) groups is 3. The smallest absolute Gasteiger partial charge is 0.289 e. The van der Waals surface area contributed by atoms with Crippen LogP contribution >= 0.6 is 11.8 Å². The summed E-state index contributed by atoms with van der Waals surface area (Å²) in [7, 11) is 0. The summed E-state index contributed by atoms with van der Waals surface area (Å²) < 4.78 is 5.55. The van der Waals surface area contributed by atoms with Crippen LogP contribution in [-0.4, -0.2) is 34.3 Å². The molecule has 1 saturated heterocycles. The van der Waals surface area contributed by atoms with Gasteiger partial charge in [-0.15, -0.1) is 0 Å². The van der Waals surface area contributed by atoms with Gasteiger partial charge >= 0.3 is 0 Å². The summed E-state index contributed by atoms with van der Waals surface area (Å²) in [5, 5.41) is 2.55. The number of hydrogen-bond acceptors (Lipinski definition) is 5. The number of nitrogens with one attached hydrogen (secondary N) is 1. The summed E-state index contributed by atoms with van der Waals surface area (Å²) in [6, 6.07) is 14.8. The van der Waals surface area contributed by atoms with E-state index in [-0.39, 0.29) is 41.4 Å². The number of rotatable bonds is 6. The number of amides is 3. The van der Waals surface area contributed by atoms with Crippen molar-refractivity contribution < 1.29 is 19.1 Å². The molecule has 1 N–H and O–H groups in total. The predicted molar refractivity (Wildman–Crippen MR) is 114 cm³/mol. The monoisotopic (exact) mass is 412 g/mol. The van der Waals surface area contributed by atoms with Crippen LogP contribution in [0.5, 0.6) is 5.75 Å². The van der Waals surface area contributed by atoms with E-state index in [1.54, 1.807) is 24.3 Å². The second-order valence-corrected chi connectivity index (χ2v) is 8.77. The van der Waals surface area contributed by atoms with Gasteiger partial charge in [0.2, 0.25) is 5.91 Å². The van der Waals surface area contributed by atoms with Gasteiger partial charge in [-0.05, 0) is 40.8 Å². The fraction of sp³-hybridized carbons (Fsp3) is 0.318. The summed E-state index contributed by atoms with van der Waals surface area (Å²) in [4.78, 5) is 36.7. The molecule has 0 aliphatic carbocycles. The molecule has 0 aromatic heterocycles. The Kier molecular flexibility index (Phi) is 6.27. The Hall–Kier alpha value is -2.80. The fourth-order valence-corrected chi connectivity index (χ4v) is 3.53. The van der Waals surface area contributed by atoms with Gasteiger partial charge in [-0.1, -0.05) is 56.8 Å². The van der Waals surface area contributed by atoms with Crippen molar-refractivity contribution in [2.75, 3.05) is 17.7 Å². The first-order valence-electron chi connectivity index (χ1n) is 9.31. The number of benzene rings is 2. The lowest BCUT2D eigenvalue weighted by Gasteiger charge is -2.19. The van der Waals surface area contributed by atoms with E-state index in [4.69, 9.17) is 4.74 Å². The summed E-state index contributed by atoms with van der Waals surface area (Å²) >= 11 is 1.02. The number of nitrogens with zero attached hydrogens (tertiary/aromatic N) is 1. The third-order valence-electron chi connectivity index (χ3n) is 4.51. The van der Waals surface area contributed by atoms with Crippen molar-refractivity contribution in [2.24, 2.45) is 0 Å². The van der Waals surface area contributed by atoms with Gasteiger partial charge in [0, 0.05) is 5.69 Å². The Bertz CT molecular complexity index is 886. The third-order valence-corrected chi connectivity index (χ3v) is 5.37. The Labute approximate surface area is 174 Å². The minimum absolute atomic E-state index is 0.0657. The molecule has 1 fully saturated rings. The second-order valence-electron chi connectivity index (χ2n) is 7.84. The summed E-state index contributed by atoms with van der Waals surface area (Å²) in [6.07, 6.45) is 0. The van der Waals surface area contributed by atoms with Crippen LogP contribution in [0.2, 0.25) is 0 Å². The maximum atomic E-state index is 12.1. The van der Waals surface area contributed by atoms with E-state index < -0.39 is 0 Å². The van der Waals surface area contributed by atoms with Gasteiger partial charge < -0.3 is 10.1 Å². The molecule has 3 rings (SSSR count). The van der Waals surface area contributed by atoms with Crippen LogP contribution in [0.25, 0.3) is 0 Å². The van der Waals surface area contributed by atoms with E-state index in [9.17, 15) is 14.4 Å². The molecule has 6 nitrogen and oxygen atoms in total. The summed E-state index contributed by atoms with van der Waals surface area (Å²) in [6.45, 7) is 6.57. The van der Waals surface area contributed by atoms with Crippen LogP contribution in [-0.2, 0) is 21.5 Å². The van der Waals surface area contributed by atoms with Gasteiger partial charge in [0.15, 0.2) is 6.61 Å². The molecular weight excluding hydrogens is 388 g/mol. The zero-order valence-electron chi connectivity index (χ0n) is 16.7. The molecule has 7 heteroatoms. The number of hydrogen-bond donors (Lipinski definition) is 1. The zero-order valence-corrected chi connectivity index (χ0v) is 17.5. The largest absolute Gasteiger partial charge is 0.484 e. The normalized spacial score (nSPS) is 14.2. The SMILES string of the molecule is CC(C)(C)c1ccc(OCC(=O)Nc2ccc(CN3C(=O)CSC3=O)cc2)cc1. The van der Waals surface area contributed by atoms with Crippen molar-refractivity contribution in [3.05, 3.63) is 59.7 Å². The molecule has 0 radical (unpaired) electrons. The molecule has 0 unspecified atom stereocenters. The maximum Gasteiger partial charge on any atom is 0.289 e. The molecule has 3 amide bonds. The molecule has 1 aliphatic rings. The highest BCUT2D eigenvalue weighted by atomic mass is 32.2. The minimum atomic E-state index is -0.265. The van der Waals surface area contributed by atoms with Gasteiger partial charge in [0.1, 0.15) is 5.75 Å². The van der Waals surface area contributed by atoms with Gasteiger partial charge in [-0.25, -0.2) is 0 Å². The Morgan fingerprint density at radius 2 is 1.72 bits per heavy atom. The molecule has 0 bridgehead atoms. The van der Waals surface area contributed by atoms with Crippen molar-refractivity contribution in [3.8, 4) is 5.75 Å². The van der Waals surface area contributed by atoms with E-state index in [1.165, 1.54) is 10.5 Å². The summed E-state index contributed by atoms with van der Waals surface area (Å²) in [5.74, 6) is 0.400. The third kappa shape index (κ3) is 5.60. The molecule has 1 aliphatic heterocycles. The molecule has 0 atom stereocenters. The van der Waals surface area contributed by atoms with Gasteiger partial charge in [0.05, 0.1) is 12.3 Å². The molecule has 1 heterocycles. The van der Waals surface area contributed by atoms with E-state index in [0.717, 1.165) is 17.3 Å². The van der Waals surface area contributed by atoms with Crippen molar-refractivity contribution in [1.29, 1.82) is 0 Å². The molecule has 0 saturated carbocycles. The lowest BCUT2D eigenvalue weighted by molar-refractivity contribution is -0.125. The van der Waals surface area contributed by atoms with Gasteiger partial charge in [-0.3, -0.25) is 19.3 Å². The maximum absolute atomic E-state index is 12.1. The van der Waals surface area contributed by atoms with Gasteiger partial charge in [-0.2, -0.15) is 0 Å². The minimum Gasteiger partial charge on any atom is -0.484 e. The predicted octanol–water partition coefficient (Wildman–Crippen LogP) is 4.20. The lowest BCUT2D eigenvalue weighted by Crippen LogP contribution is -2.27.